The molecule has 0 aliphatic carbocycles. The van der Waals surface area contributed by atoms with Crippen molar-refractivity contribution in [2.45, 2.75) is 16.4 Å². The highest BCUT2D eigenvalue weighted by Gasteiger charge is 2.24. The van der Waals surface area contributed by atoms with Crippen molar-refractivity contribution in [3.63, 3.8) is 0 Å². The fourth-order valence-electron chi connectivity index (χ4n) is 2.94. The van der Waals surface area contributed by atoms with E-state index in [9.17, 15) is 26.7 Å². The molecule has 1 N–H and O–H groups in total. The average Bonchev–Trinajstić information content (AvgIpc) is 2.64. The maximum Gasteiger partial charge on any atom is 0.387 e. The number of nitrogens with zero attached hydrogens (tertiary/aromatic N) is 2. The highest BCUT2D eigenvalue weighted by molar-refractivity contribution is 7.91. The molecule has 28 heavy (non-hydrogen) atoms. The number of benzene rings is 2. The number of aromatic hydroxyl groups is 1. The van der Waals surface area contributed by atoms with Crippen LogP contribution in [0.15, 0.2) is 46.2 Å². The number of sulfone groups is 1. The van der Waals surface area contributed by atoms with Crippen molar-refractivity contribution < 1.29 is 31.4 Å². The van der Waals surface area contributed by atoms with Gasteiger partial charge in [0.15, 0.2) is 11.6 Å². The third-order valence-electron chi connectivity index (χ3n) is 4.53. The first kappa shape index (κ1) is 20.3. The van der Waals surface area contributed by atoms with E-state index in [0.717, 1.165) is 31.3 Å². The second kappa shape index (κ2) is 7.88. The van der Waals surface area contributed by atoms with Gasteiger partial charge in [0.1, 0.15) is 5.75 Å². The van der Waals surface area contributed by atoms with Gasteiger partial charge < -0.3 is 19.6 Å². The Hall–Kier alpha value is -2.46. The van der Waals surface area contributed by atoms with Crippen LogP contribution in [-0.4, -0.2) is 58.3 Å². The predicted molar refractivity (Wildman–Crippen MR) is 96.3 cm³/mol. The highest BCUT2D eigenvalue weighted by atomic mass is 32.2. The standard InChI is InChI=1S/C18H19F3N2O4S/c1-22-6-8-23(9-7-22)15-10-12(3-5-16(15)24)28(25,26)13-2-4-14(19)17(11-13)27-18(20)21/h2-5,10-11,18,24H,6-9H2,1H3. The smallest absolute Gasteiger partial charge is 0.387 e. The van der Waals surface area contributed by atoms with Gasteiger partial charge >= 0.3 is 6.61 Å². The van der Waals surface area contributed by atoms with Crippen LogP contribution in [-0.2, 0) is 9.84 Å². The molecule has 1 saturated heterocycles. The normalized spacial score (nSPS) is 15.8. The fraction of sp³-hybridized carbons (Fsp3) is 0.333. The summed E-state index contributed by atoms with van der Waals surface area (Å²) >= 11 is 0. The molecule has 1 aliphatic rings. The topological polar surface area (TPSA) is 70.1 Å². The maximum absolute atomic E-state index is 13.6. The quantitative estimate of drug-likeness (QED) is 0.756. The van der Waals surface area contributed by atoms with Crippen LogP contribution in [0.2, 0.25) is 0 Å². The van der Waals surface area contributed by atoms with Gasteiger partial charge in [-0.1, -0.05) is 0 Å². The Morgan fingerprint density at radius 1 is 1.04 bits per heavy atom. The van der Waals surface area contributed by atoms with Crippen LogP contribution in [0.3, 0.4) is 0 Å². The van der Waals surface area contributed by atoms with Crippen molar-refractivity contribution >= 4 is 15.5 Å². The van der Waals surface area contributed by atoms with Crippen LogP contribution in [0, 0.1) is 5.82 Å². The molecule has 1 heterocycles. The van der Waals surface area contributed by atoms with Gasteiger partial charge in [0.05, 0.1) is 15.5 Å². The number of ether oxygens (including phenoxy) is 1. The Labute approximate surface area is 160 Å². The van der Waals surface area contributed by atoms with Crippen LogP contribution in [0.1, 0.15) is 0 Å². The van der Waals surface area contributed by atoms with Crippen molar-refractivity contribution in [3.05, 3.63) is 42.2 Å². The summed E-state index contributed by atoms with van der Waals surface area (Å²) in [5, 5.41) is 10.2. The van der Waals surface area contributed by atoms with Gasteiger partial charge in [0.2, 0.25) is 9.84 Å². The summed E-state index contributed by atoms with van der Waals surface area (Å²) in [6, 6.07) is 6.26. The summed E-state index contributed by atoms with van der Waals surface area (Å²) < 4.78 is 68.3. The molecule has 2 aromatic rings. The Morgan fingerprint density at radius 3 is 2.29 bits per heavy atom. The number of likely N-dealkylation sites (N-methyl/N-ethyl adjacent to an activating group) is 1. The number of piperazine rings is 1. The van der Waals surface area contributed by atoms with Crippen LogP contribution in [0.5, 0.6) is 11.5 Å². The molecule has 0 spiro atoms. The van der Waals surface area contributed by atoms with E-state index in [1.54, 1.807) is 0 Å². The van der Waals surface area contributed by atoms with Gasteiger partial charge in [0, 0.05) is 32.2 Å². The number of anilines is 1. The predicted octanol–water partition coefficient (Wildman–Crippen LogP) is 2.72. The van der Waals surface area contributed by atoms with Crippen molar-refractivity contribution in [2.75, 3.05) is 38.1 Å². The molecule has 152 valence electrons. The monoisotopic (exact) mass is 416 g/mol. The minimum atomic E-state index is -4.14. The first-order chi connectivity index (χ1) is 13.2. The number of halogens is 3. The largest absolute Gasteiger partial charge is 0.506 e. The number of phenolic OH excluding ortho intramolecular Hbond substituents is 1. The minimum absolute atomic E-state index is 0.0654. The van der Waals surface area contributed by atoms with E-state index >= 15 is 0 Å². The molecular formula is C18H19F3N2O4S. The Morgan fingerprint density at radius 2 is 1.64 bits per heavy atom. The summed E-state index contributed by atoms with van der Waals surface area (Å²) in [5.41, 5.74) is 0.361. The van der Waals surface area contributed by atoms with E-state index in [2.05, 4.69) is 9.64 Å². The molecular weight excluding hydrogens is 397 g/mol. The number of hydrogen-bond acceptors (Lipinski definition) is 6. The average molecular weight is 416 g/mol. The molecule has 3 rings (SSSR count). The van der Waals surface area contributed by atoms with Crippen molar-refractivity contribution in [1.82, 2.24) is 4.90 Å². The van der Waals surface area contributed by atoms with Gasteiger partial charge in [-0.05, 0) is 37.4 Å². The molecule has 6 nitrogen and oxygen atoms in total. The van der Waals surface area contributed by atoms with E-state index < -0.39 is 28.0 Å². The fourth-order valence-corrected chi connectivity index (χ4v) is 4.24. The van der Waals surface area contributed by atoms with Crippen LogP contribution >= 0.6 is 0 Å². The SMILES string of the molecule is CN1CCN(c2cc(S(=O)(=O)c3ccc(F)c(OC(F)F)c3)ccc2O)CC1. The highest BCUT2D eigenvalue weighted by Crippen LogP contribution is 2.34. The van der Waals surface area contributed by atoms with E-state index in [1.165, 1.54) is 18.2 Å². The lowest BCUT2D eigenvalue weighted by Crippen LogP contribution is -2.44. The summed E-state index contributed by atoms with van der Waals surface area (Å²) in [5.74, 6) is -2.01. The summed E-state index contributed by atoms with van der Waals surface area (Å²) in [6.07, 6.45) is 0. The summed E-state index contributed by atoms with van der Waals surface area (Å²) in [7, 11) is -2.18. The molecule has 10 heteroatoms. The van der Waals surface area contributed by atoms with Crippen molar-refractivity contribution in [1.29, 1.82) is 0 Å². The minimum Gasteiger partial charge on any atom is -0.506 e. The zero-order valence-corrected chi connectivity index (χ0v) is 15.8. The second-order valence-electron chi connectivity index (χ2n) is 6.42. The number of phenols is 1. The Kier molecular flexibility index (Phi) is 5.71. The molecule has 0 aromatic heterocycles. The lowest BCUT2D eigenvalue weighted by molar-refractivity contribution is -0.0523. The Balaban J connectivity index is 1.97. The summed E-state index contributed by atoms with van der Waals surface area (Å²) in [4.78, 5) is 3.44. The molecule has 1 fully saturated rings. The zero-order valence-electron chi connectivity index (χ0n) is 15.0. The lowest BCUT2D eigenvalue weighted by atomic mass is 10.2. The first-order valence-corrected chi connectivity index (χ1v) is 9.93. The van der Waals surface area contributed by atoms with E-state index in [-0.39, 0.29) is 15.5 Å². The number of rotatable bonds is 5. The first-order valence-electron chi connectivity index (χ1n) is 8.44. The van der Waals surface area contributed by atoms with Crippen LogP contribution in [0.25, 0.3) is 0 Å². The van der Waals surface area contributed by atoms with Crippen molar-refractivity contribution in [3.8, 4) is 11.5 Å². The molecule has 0 radical (unpaired) electrons. The third-order valence-corrected chi connectivity index (χ3v) is 6.28. The van der Waals surface area contributed by atoms with Gasteiger partial charge in [-0.3, -0.25) is 0 Å². The third kappa shape index (κ3) is 4.17. The van der Waals surface area contributed by atoms with Gasteiger partial charge in [-0.25, -0.2) is 12.8 Å². The second-order valence-corrected chi connectivity index (χ2v) is 8.36. The molecule has 0 unspecified atom stereocenters. The molecule has 2 aromatic carbocycles. The maximum atomic E-state index is 13.6. The van der Waals surface area contributed by atoms with E-state index in [1.807, 2.05) is 11.9 Å². The number of hydrogen-bond donors (Lipinski definition) is 1. The molecule has 0 amide bonds. The molecule has 1 aliphatic heterocycles. The Bertz CT molecular complexity index is 961. The summed E-state index contributed by atoms with van der Waals surface area (Å²) in [6.45, 7) is -0.566. The molecule has 0 atom stereocenters. The van der Waals surface area contributed by atoms with Gasteiger partial charge in [-0.2, -0.15) is 8.78 Å². The van der Waals surface area contributed by atoms with Crippen molar-refractivity contribution in [2.24, 2.45) is 0 Å². The van der Waals surface area contributed by atoms with Crippen LogP contribution < -0.4 is 9.64 Å². The zero-order chi connectivity index (χ0) is 20.5. The number of alkyl halides is 2. The van der Waals surface area contributed by atoms with E-state index in [0.29, 0.717) is 18.8 Å². The van der Waals surface area contributed by atoms with Gasteiger partial charge in [-0.15, -0.1) is 0 Å². The van der Waals surface area contributed by atoms with E-state index in [4.69, 9.17) is 0 Å². The molecule has 0 saturated carbocycles. The van der Waals surface area contributed by atoms with Crippen LogP contribution in [0.4, 0.5) is 18.9 Å². The van der Waals surface area contributed by atoms with Gasteiger partial charge in [0.25, 0.3) is 0 Å². The lowest BCUT2D eigenvalue weighted by Gasteiger charge is -2.34. The molecule has 0 bridgehead atoms.